The van der Waals surface area contributed by atoms with Crippen molar-refractivity contribution in [1.29, 1.82) is 0 Å². The molecule has 0 heterocycles. The lowest BCUT2D eigenvalue weighted by atomic mass is 10.1. The Kier molecular flexibility index (Phi) is 11.0. The number of halogens is 2. The Morgan fingerprint density at radius 1 is 0.760 bits per heavy atom. The summed E-state index contributed by atoms with van der Waals surface area (Å²) in [7, 11) is -2.42. The van der Waals surface area contributed by atoms with Crippen LogP contribution < -0.4 is 4.43 Å². The van der Waals surface area contributed by atoms with Gasteiger partial charge in [-0.05, 0) is 19.5 Å². The first kappa shape index (κ1) is 22.1. The maximum atomic E-state index is 13.2. The minimum atomic E-state index is -2.42. The minimum absolute atomic E-state index is 0.206. The largest absolute Gasteiger partial charge is 0.520 e. The van der Waals surface area contributed by atoms with Crippen molar-refractivity contribution in [2.75, 3.05) is 6.61 Å². The average Bonchev–Trinajstić information content (AvgIpc) is 2.51. The van der Waals surface area contributed by atoms with Crippen LogP contribution in [0.3, 0.4) is 0 Å². The second-order valence-electron chi connectivity index (χ2n) is 7.14. The summed E-state index contributed by atoms with van der Waals surface area (Å²) < 4.78 is 37.9. The molecule has 0 atom stereocenters. The van der Waals surface area contributed by atoms with E-state index in [2.05, 4.69) is 6.92 Å². The van der Waals surface area contributed by atoms with Gasteiger partial charge in [-0.3, -0.25) is 0 Å². The highest BCUT2D eigenvalue weighted by molar-refractivity contribution is 6.65. The molecule has 0 saturated carbocycles. The molecule has 0 unspecified atom stereocenters. The molecule has 0 saturated heterocycles. The molecule has 5 heteroatoms. The van der Waals surface area contributed by atoms with E-state index in [1.165, 1.54) is 63.5 Å². The van der Waals surface area contributed by atoms with E-state index in [4.69, 9.17) is 8.85 Å². The average molecular weight is 373 g/mol. The molecule has 0 fully saturated rings. The highest BCUT2D eigenvalue weighted by Crippen LogP contribution is 2.20. The van der Waals surface area contributed by atoms with Gasteiger partial charge in [0.1, 0.15) is 17.4 Å². The van der Waals surface area contributed by atoms with Gasteiger partial charge in [-0.25, -0.2) is 8.78 Å². The zero-order valence-electron chi connectivity index (χ0n) is 16.1. The predicted octanol–water partition coefficient (Wildman–Crippen LogP) is 6.98. The second kappa shape index (κ2) is 12.4. The Morgan fingerprint density at radius 3 is 1.76 bits per heavy atom. The maximum absolute atomic E-state index is 13.2. The highest BCUT2D eigenvalue weighted by atomic mass is 28.4. The molecule has 0 aliphatic heterocycles. The van der Waals surface area contributed by atoms with Crippen molar-refractivity contribution < 1.29 is 17.6 Å². The first-order valence-corrected chi connectivity index (χ1v) is 12.5. The van der Waals surface area contributed by atoms with Crippen LogP contribution in [0, 0.1) is 11.6 Å². The fraction of sp³-hybridized carbons (Fsp3) is 0.700. The van der Waals surface area contributed by atoms with Crippen LogP contribution in [-0.2, 0) is 4.43 Å². The summed E-state index contributed by atoms with van der Waals surface area (Å²) >= 11 is 0. The van der Waals surface area contributed by atoms with Crippen LogP contribution in [0.2, 0.25) is 13.1 Å². The molecule has 2 nitrogen and oxygen atoms in total. The topological polar surface area (TPSA) is 18.5 Å². The first-order chi connectivity index (χ1) is 11.9. The lowest BCUT2D eigenvalue weighted by molar-refractivity contribution is 0.240. The highest BCUT2D eigenvalue weighted by Gasteiger charge is 2.27. The van der Waals surface area contributed by atoms with Gasteiger partial charge in [0.15, 0.2) is 0 Å². The monoisotopic (exact) mass is 372 g/mol. The zero-order chi connectivity index (χ0) is 18.5. The van der Waals surface area contributed by atoms with E-state index in [9.17, 15) is 8.78 Å². The van der Waals surface area contributed by atoms with Crippen LogP contribution in [-0.4, -0.2) is 15.2 Å². The molecule has 0 radical (unpaired) electrons. The Hall–Kier alpha value is -0.943. The van der Waals surface area contributed by atoms with Crippen molar-refractivity contribution in [1.82, 2.24) is 0 Å². The fourth-order valence-electron chi connectivity index (χ4n) is 2.81. The molecule has 0 aliphatic rings. The van der Waals surface area contributed by atoms with E-state index < -0.39 is 20.2 Å². The summed E-state index contributed by atoms with van der Waals surface area (Å²) in [5, 5.41) is 0. The van der Waals surface area contributed by atoms with Gasteiger partial charge in [-0.1, -0.05) is 64.7 Å². The van der Waals surface area contributed by atoms with Crippen molar-refractivity contribution in [2.45, 2.75) is 84.2 Å². The number of unbranched alkanes of at least 4 members (excludes halogenated alkanes) is 9. The van der Waals surface area contributed by atoms with E-state index in [0.29, 0.717) is 6.61 Å². The smallest absolute Gasteiger partial charge is 0.392 e. The van der Waals surface area contributed by atoms with E-state index >= 15 is 0 Å². The molecule has 0 N–H and O–H groups in total. The molecular weight excluding hydrogens is 338 g/mol. The van der Waals surface area contributed by atoms with Crippen LogP contribution in [0.4, 0.5) is 8.78 Å². The Balaban J connectivity index is 2.08. The molecule has 0 amide bonds. The van der Waals surface area contributed by atoms with Crippen molar-refractivity contribution in [3.8, 4) is 5.75 Å². The summed E-state index contributed by atoms with van der Waals surface area (Å²) in [4.78, 5) is 0. The lowest BCUT2D eigenvalue weighted by Crippen LogP contribution is -2.38. The van der Waals surface area contributed by atoms with Crippen LogP contribution in [0.1, 0.15) is 71.1 Å². The second-order valence-corrected chi connectivity index (χ2v) is 10.4. The summed E-state index contributed by atoms with van der Waals surface area (Å²) in [5.41, 5.74) is 0. The molecule has 0 aromatic heterocycles. The van der Waals surface area contributed by atoms with Gasteiger partial charge in [0.25, 0.3) is 0 Å². The van der Waals surface area contributed by atoms with Crippen LogP contribution in [0.25, 0.3) is 0 Å². The normalized spacial score (nSPS) is 11.7. The van der Waals surface area contributed by atoms with Crippen molar-refractivity contribution >= 4 is 8.56 Å². The van der Waals surface area contributed by atoms with Gasteiger partial charge in [0.2, 0.25) is 0 Å². The third kappa shape index (κ3) is 11.3. The number of rotatable bonds is 14. The van der Waals surface area contributed by atoms with Crippen LogP contribution in [0.15, 0.2) is 18.2 Å². The quantitative estimate of drug-likeness (QED) is 0.259. The van der Waals surface area contributed by atoms with Crippen LogP contribution >= 0.6 is 0 Å². The fourth-order valence-corrected chi connectivity index (χ4v) is 4.19. The predicted molar refractivity (Wildman–Crippen MR) is 102 cm³/mol. The lowest BCUT2D eigenvalue weighted by Gasteiger charge is -2.24. The summed E-state index contributed by atoms with van der Waals surface area (Å²) in [5.74, 6) is -1.05. The molecule has 144 valence electrons. The Morgan fingerprint density at radius 2 is 1.24 bits per heavy atom. The van der Waals surface area contributed by atoms with Gasteiger partial charge < -0.3 is 8.85 Å². The van der Waals surface area contributed by atoms with Crippen molar-refractivity contribution in [2.24, 2.45) is 0 Å². The molecule has 0 bridgehead atoms. The molecular formula is C20H34F2O2Si. The molecule has 0 spiro atoms. The maximum Gasteiger partial charge on any atom is 0.392 e. The summed E-state index contributed by atoms with van der Waals surface area (Å²) in [6.07, 6.45) is 12.8. The molecule has 1 aromatic rings. The van der Waals surface area contributed by atoms with E-state index in [-0.39, 0.29) is 5.75 Å². The first-order valence-electron chi connectivity index (χ1n) is 9.72. The van der Waals surface area contributed by atoms with Crippen molar-refractivity contribution in [3.05, 3.63) is 29.8 Å². The third-order valence-electron chi connectivity index (χ3n) is 4.15. The summed E-state index contributed by atoms with van der Waals surface area (Å²) in [6, 6.07) is 3.23. The number of hydrogen-bond acceptors (Lipinski definition) is 2. The third-order valence-corrected chi connectivity index (χ3v) is 5.77. The molecule has 0 aliphatic carbocycles. The Labute approximate surface area is 153 Å². The zero-order valence-corrected chi connectivity index (χ0v) is 17.1. The summed E-state index contributed by atoms with van der Waals surface area (Å²) in [6.45, 7) is 6.68. The molecule has 25 heavy (non-hydrogen) atoms. The number of benzene rings is 1. The SMILES string of the molecule is CCCCCCCCCCCCO[Si](C)(C)Oc1cc(F)cc(F)c1. The van der Waals surface area contributed by atoms with E-state index in [1.807, 2.05) is 13.1 Å². The minimum Gasteiger partial charge on any atom is -0.520 e. The molecule has 1 rings (SSSR count). The van der Waals surface area contributed by atoms with Crippen molar-refractivity contribution in [3.63, 3.8) is 0 Å². The van der Waals surface area contributed by atoms with E-state index in [1.54, 1.807) is 0 Å². The van der Waals surface area contributed by atoms with Gasteiger partial charge in [0, 0.05) is 24.8 Å². The van der Waals surface area contributed by atoms with Gasteiger partial charge in [-0.15, -0.1) is 0 Å². The van der Waals surface area contributed by atoms with Gasteiger partial charge in [-0.2, -0.15) is 0 Å². The number of hydrogen-bond donors (Lipinski definition) is 0. The standard InChI is InChI=1S/C20H34F2O2Si/c1-4-5-6-7-8-9-10-11-12-13-14-23-25(2,3)24-20-16-18(21)15-19(22)17-20/h15-17H,4-14H2,1-3H3. The Bertz CT molecular complexity index is 461. The van der Waals surface area contributed by atoms with Gasteiger partial charge in [0.05, 0.1) is 0 Å². The molecule has 1 aromatic carbocycles. The van der Waals surface area contributed by atoms with Gasteiger partial charge >= 0.3 is 8.56 Å². The van der Waals surface area contributed by atoms with Crippen LogP contribution in [0.5, 0.6) is 5.75 Å². The van der Waals surface area contributed by atoms with E-state index in [0.717, 1.165) is 18.9 Å².